The molecule has 74 heavy (non-hydrogen) atoms. The number of fused-ring (bicyclic) bond motifs is 2. The third-order valence-corrected chi connectivity index (χ3v) is 12.6. The van der Waals surface area contributed by atoms with Gasteiger partial charge in [0.1, 0.15) is 42.3 Å². The highest BCUT2D eigenvalue weighted by Crippen LogP contribution is 2.22. The van der Waals surface area contributed by atoms with Gasteiger partial charge in [-0.1, -0.05) is 48.5 Å². The zero-order valence-electron chi connectivity index (χ0n) is 41.5. The van der Waals surface area contributed by atoms with E-state index in [4.69, 9.17) is 28.7 Å². The van der Waals surface area contributed by atoms with Crippen LogP contribution in [0.5, 0.6) is 0 Å². The number of carbonyl (C=O) groups excluding carboxylic acids is 9. The number of H-pyrrole nitrogens is 1. The average Bonchev–Trinajstić information content (AvgIpc) is 4.02. The largest absolute Gasteiger partial charge is 0.370 e. The van der Waals surface area contributed by atoms with Crippen LogP contribution in [0.2, 0.25) is 0 Å². The fourth-order valence-electron chi connectivity index (χ4n) is 8.88. The van der Waals surface area contributed by atoms with E-state index in [0.29, 0.717) is 24.0 Å². The molecule has 18 N–H and O–H groups in total. The number of carbonyl (C=O) groups is 9. The first-order chi connectivity index (χ1) is 35.4. The number of benzene rings is 2. The van der Waals surface area contributed by atoms with E-state index in [2.05, 4.69) is 52.2 Å². The van der Waals surface area contributed by atoms with Crippen molar-refractivity contribution in [1.29, 1.82) is 0 Å². The monoisotopic (exact) mass is 1030 g/mol. The number of aliphatic imine (C=N–C) groups is 2. The Kier molecular flexibility index (Phi) is 21.5. The lowest BCUT2D eigenvalue weighted by Crippen LogP contribution is -2.60. The lowest BCUT2D eigenvalue weighted by molar-refractivity contribution is -0.142. The molecule has 0 radical (unpaired) electrons. The molecule has 0 bridgehead atoms. The van der Waals surface area contributed by atoms with Crippen molar-refractivity contribution in [2.24, 2.45) is 38.7 Å². The van der Waals surface area contributed by atoms with Gasteiger partial charge >= 0.3 is 0 Å². The standard InChI is InChI=1S/C49H70N16O9/c1-28(66)59-34(15-7-22-56-48(51)52)42(69)62-36-17-9-21-55-40(67)20-19-33(41(50)68)60-45(72)38(26-30-27-58-32-14-6-5-13-31(30)32)63-43(70)35(16-8-23-57-49(53)54)61-44(71)37(25-29-11-3-2-4-12-29)64-46(73)39-18-10-24-65(39)47(36)74/h2-6,11-14,27,33-39,58H,7-10,15-26H2,1H3,(H2,50,68)(H,55,67)(H,59,66)(H,60,72)(H,61,71)(H,62,69)(H,63,70)(H,64,73)(H4,51,52,56)(H4,53,54,57). The number of aromatic amines is 1. The number of hydrogen-bond acceptors (Lipinski definition) is 11. The summed E-state index contributed by atoms with van der Waals surface area (Å²) in [5.74, 6) is -6.68. The van der Waals surface area contributed by atoms with Crippen LogP contribution in [0.3, 0.4) is 0 Å². The molecule has 2 fully saturated rings. The highest BCUT2D eigenvalue weighted by Gasteiger charge is 2.40. The number of nitrogens with two attached hydrogens (primary N) is 5. The predicted octanol–water partition coefficient (Wildman–Crippen LogP) is -2.84. The average molecular weight is 1030 g/mol. The molecule has 2 aromatic carbocycles. The molecular weight excluding hydrogens is 957 g/mol. The third kappa shape index (κ3) is 17.5. The van der Waals surface area contributed by atoms with Crippen molar-refractivity contribution in [1.82, 2.24) is 47.1 Å². The Labute approximate surface area is 428 Å². The second-order valence-electron chi connectivity index (χ2n) is 18.3. The Morgan fingerprint density at radius 2 is 1.36 bits per heavy atom. The summed E-state index contributed by atoms with van der Waals surface area (Å²) in [6.45, 7) is 1.59. The first-order valence-corrected chi connectivity index (χ1v) is 24.7. The molecule has 7 atom stereocenters. The van der Waals surface area contributed by atoms with Crippen LogP contribution in [-0.2, 0) is 56.0 Å². The Bertz CT molecular complexity index is 2530. The van der Waals surface area contributed by atoms with Crippen LogP contribution in [0, 0.1) is 0 Å². The summed E-state index contributed by atoms with van der Waals surface area (Å²) in [6, 6.07) is 7.30. The highest BCUT2D eigenvalue weighted by atomic mass is 16.2. The smallest absolute Gasteiger partial charge is 0.245 e. The fourth-order valence-corrected chi connectivity index (χ4v) is 8.88. The number of primary amides is 1. The molecule has 5 rings (SSSR count). The maximum absolute atomic E-state index is 14.6. The van der Waals surface area contributed by atoms with E-state index >= 15 is 0 Å². The van der Waals surface area contributed by atoms with Gasteiger partial charge in [0.25, 0.3) is 0 Å². The molecule has 2 aliphatic rings. The topological polar surface area (TPSA) is 412 Å². The highest BCUT2D eigenvalue weighted by molar-refractivity contribution is 5.98. The molecule has 1 aromatic heterocycles. The van der Waals surface area contributed by atoms with Gasteiger partial charge in [0.05, 0.1) is 0 Å². The van der Waals surface area contributed by atoms with Gasteiger partial charge in [0, 0.05) is 69.5 Å². The van der Waals surface area contributed by atoms with Crippen LogP contribution in [-0.4, -0.2) is 143 Å². The minimum Gasteiger partial charge on any atom is -0.370 e. The molecule has 2 aliphatic heterocycles. The van der Waals surface area contributed by atoms with E-state index in [1.165, 1.54) is 11.8 Å². The molecule has 3 aromatic rings. The molecule has 9 amide bonds. The summed E-state index contributed by atoms with van der Waals surface area (Å²) in [6.07, 6.45) is 2.30. The molecule has 3 heterocycles. The van der Waals surface area contributed by atoms with E-state index in [-0.39, 0.29) is 102 Å². The van der Waals surface area contributed by atoms with Gasteiger partial charge in [-0.3, -0.25) is 53.1 Å². The molecule has 0 saturated carbocycles. The van der Waals surface area contributed by atoms with E-state index in [9.17, 15) is 43.2 Å². The molecule has 7 unspecified atom stereocenters. The van der Waals surface area contributed by atoms with E-state index in [1.54, 1.807) is 36.5 Å². The van der Waals surface area contributed by atoms with Crippen molar-refractivity contribution >= 4 is 76.0 Å². The van der Waals surface area contributed by atoms with Crippen molar-refractivity contribution in [2.45, 2.75) is 126 Å². The molecule has 25 nitrogen and oxygen atoms in total. The number of para-hydroxylation sites is 1. The summed E-state index contributed by atoms with van der Waals surface area (Å²) < 4.78 is 0. The van der Waals surface area contributed by atoms with Crippen LogP contribution in [0.4, 0.5) is 0 Å². The van der Waals surface area contributed by atoms with Gasteiger partial charge in [-0.25, -0.2) is 0 Å². The van der Waals surface area contributed by atoms with E-state index in [1.807, 2.05) is 24.3 Å². The minimum atomic E-state index is -1.36. The molecular formula is C49H70N16O9. The number of rotatable bonds is 16. The maximum atomic E-state index is 14.6. The number of guanidine groups is 2. The Balaban J connectivity index is 1.51. The third-order valence-electron chi connectivity index (χ3n) is 12.6. The van der Waals surface area contributed by atoms with Crippen molar-refractivity contribution in [3.63, 3.8) is 0 Å². The van der Waals surface area contributed by atoms with Crippen LogP contribution < -0.4 is 65.9 Å². The Morgan fingerprint density at radius 1 is 0.730 bits per heavy atom. The summed E-state index contributed by atoms with van der Waals surface area (Å²) in [5, 5.41) is 19.8. The summed E-state index contributed by atoms with van der Waals surface area (Å²) in [5.41, 5.74) is 29.9. The van der Waals surface area contributed by atoms with Crippen molar-refractivity contribution in [3.05, 3.63) is 71.9 Å². The van der Waals surface area contributed by atoms with Gasteiger partial charge < -0.3 is 75.8 Å². The summed E-state index contributed by atoms with van der Waals surface area (Å²) >= 11 is 0. The minimum absolute atomic E-state index is 0.00572. The van der Waals surface area contributed by atoms with Crippen LogP contribution >= 0.6 is 0 Å². The molecule has 400 valence electrons. The summed E-state index contributed by atoms with van der Waals surface area (Å²) in [4.78, 5) is 137. The normalized spacial score (nSPS) is 22.1. The molecule has 0 aliphatic carbocycles. The molecule has 2 saturated heterocycles. The van der Waals surface area contributed by atoms with E-state index in [0.717, 1.165) is 10.9 Å². The second kappa shape index (κ2) is 28.1. The SMILES string of the molecule is CC(=O)NC(CCCN=C(N)N)C(=O)NC1CCCNC(=O)CCC(C(N)=O)NC(=O)C(Cc2c[nH]c3ccccc23)NC(=O)C(CCCN=C(N)N)NC(=O)C(Cc2ccccc2)NC(=O)C2CCCN2C1=O. The van der Waals surface area contributed by atoms with Crippen LogP contribution in [0.25, 0.3) is 10.9 Å². The lowest BCUT2D eigenvalue weighted by Gasteiger charge is -2.31. The van der Waals surface area contributed by atoms with Gasteiger partial charge in [-0.2, -0.15) is 0 Å². The number of aromatic nitrogens is 1. The van der Waals surface area contributed by atoms with Crippen LogP contribution in [0.15, 0.2) is 70.8 Å². The van der Waals surface area contributed by atoms with Gasteiger partial charge in [-0.15, -0.1) is 0 Å². The van der Waals surface area contributed by atoms with Crippen molar-refractivity contribution in [3.8, 4) is 0 Å². The van der Waals surface area contributed by atoms with Crippen molar-refractivity contribution in [2.75, 3.05) is 26.2 Å². The van der Waals surface area contributed by atoms with Crippen molar-refractivity contribution < 1.29 is 43.2 Å². The predicted molar refractivity (Wildman–Crippen MR) is 275 cm³/mol. The van der Waals surface area contributed by atoms with E-state index < -0.39 is 95.5 Å². The number of nitrogens with zero attached hydrogens (tertiary/aromatic N) is 3. The summed E-state index contributed by atoms with van der Waals surface area (Å²) in [7, 11) is 0. The zero-order chi connectivity index (χ0) is 53.7. The maximum Gasteiger partial charge on any atom is 0.245 e. The van der Waals surface area contributed by atoms with Crippen LogP contribution in [0.1, 0.15) is 82.3 Å². The number of nitrogens with one attached hydrogen (secondary N) is 8. The molecule has 25 heteroatoms. The van der Waals surface area contributed by atoms with Gasteiger partial charge in [0.15, 0.2) is 11.9 Å². The second-order valence-corrected chi connectivity index (χ2v) is 18.3. The first kappa shape index (κ1) is 56.7. The van der Waals surface area contributed by atoms with Gasteiger partial charge in [-0.05, 0) is 75.0 Å². The Morgan fingerprint density at radius 3 is 2.07 bits per heavy atom. The number of amides is 9. The Hall–Kier alpha value is -8.25. The fraction of sp³-hybridized carbons (Fsp3) is 0.490. The quantitative estimate of drug-likeness (QED) is 0.0391. The number of hydrogen-bond donors (Lipinski definition) is 13. The first-order valence-electron chi connectivity index (χ1n) is 24.7. The lowest BCUT2D eigenvalue weighted by atomic mass is 10.0. The molecule has 0 spiro atoms. The van der Waals surface area contributed by atoms with Gasteiger partial charge in [0.2, 0.25) is 53.2 Å². The zero-order valence-corrected chi connectivity index (χ0v) is 41.5.